The highest BCUT2D eigenvalue weighted by Gasteiger charge is 2.45. The molecule has 1 aromatic carbocycles. The van der Waals surface area contributed by atoms with Gasteiger partial charge in [-0.3, -0.25) is 29.4 Å². The summed E-state index contributed by atoms with van der Waals surface area (Å²) in [7, 11) is 0. The molecular weight excluding hydrogens is 562 g/mol. The van der Waals surface area contributed by atoms with Crippen molar-refractivity contribution in [2.75, 3.05) is 91.1 Å². The summed E-state index contributed by atoms with van der Waals surface area (Å²) < 4.78 is 33.0. The first-order valence-electron chi connectivity index (χ1n) is 15.0. The quantitative estimate of drug-likeness (QED) is 0.138. The molecule has 0 aromatic heterocycles. The van der Waals surface area contributed by atoms with Crippen molar-refractivity contribution in [2.45, 2.75) is 39.2 Å². The smallest absolute Gasteiger partial charge is 0.264 e. The Morgan fingerprint density at radius 3 is 1.93 bits per heavy atom. The summed E-state index contributed by atoms with van der Waals surface area (Å²) in [6, 6.07) is 3.93. The minimum atomic E-state index is -1.000. The molecule has 43 heavy (non-hydrogen) atoms. The first-order valence-corrected chi connectivity index (χ1v) is 15.0. The van der Waals surface area contributed by atoms with E-state index in [1.54, 1.807) is 18.2 Å². The molecule has 2 atom stereocenters. The number of anilines is 1. The molecule has 1 aromatic rings. The fraction of sp³-hybridized carbons (Fsp3) is 0.667. The molecule has 1 saturated heterocycles. The Labute approximate surface area is 252 Å². The van der Waals surface area contributed by atoms with Crippen LogP contribution >= 0.6 is 0 Å². The number of carbonyl (C=O) groups excluding carboxylic acids is 4. The number of rotatable bonds is 23. The van der Waals surface area contributed by atoms with E-state index in [2.05, 4.69) is 24.5 Å². The average Bonchev–Trinajstić information content (AvgIpc) is 3.25. The van der Waals surface area contributed by atoms with Crippen molar-refractivity contribution < 1.29 is 47.6 Å². The van der Waals surface area contributed by atoms with E-state index in [4.69, 9.17) is 28.4 Å². The van der Waals surface area contributed by atoms with Gasteiger partial charge in [-0.25, -0.2) is 0 Å². The summed E-state index contributed by atoms with van der Waals surface area (Å²) in [5.74, 6) is -1.56. The molecule has 0 radical (unpaired) electrons. The lowest BCUT2D eigenvalue weighted by molar-refractivity contribution is -0.136. The molecule has 3 rings (SSSR count). The van der Waals surface area contributed by atoms with Gasteiger partial charge < -0.3 is 33.7 Å². The third-order valence-electron chi connectivity index (χ3n) is 6.99. The van der Waals surface area contributed by atoms with Crippen LogP contribution in [0.1, 0.15) is 53.8 Å². The van der Waals surface area contributed by atoms with E-state index in [0.29, 0.717) is 90.8 Å². The summed E-state index contributed by atoms with van der Waals surface area (Å²) in [6.07, 6.45) is 1.30. The van der Waals surface area contributed by atoms with Gasteiger partial charge >= 0.3 is 0 Å². The molecule has 4 amide bonds. The van der Waals surface area contributed by atoms with E-state index in [0.717, 1.165) is 17.9 Å². The zero-order valence-corrected chi connectivity index (χ0v) is 25.2. The molecule has 2 heterocycles. The first kappa shape index (κ1) is 34.5. The largest absolute Gasteiger partial charge is 0.382 e. The molecule has 2 unspecified atom stereocenters. The van der Waals surface area contributed by atoms with Crippen LogP contribution in [0.15, 0.2) is 18.2 Å². The highest BCUT2D eigenvalue weighted by molar-refractivity contribution is 6.25. The Balaban J connectivity index is 1.16. The van der Waals surface area contributed by atoms with Gasteiger partial charge in [-0.05, 0) is 24.5 Å². The van der Waals surface area contributed by atoms with Gasteiger partial charge in [0, 0.05) is 25.3 Å². The number of imide groups is 2. The van der Waals surface area contributed by atoms with Gasteiger partial charge in [-0.2, -0.15) is 0 Å². The van der Waals surface area contributed by atoms with Crippen molar-refractivity contribution >= 4 is 29.3 Å². The van der Waals surface area contributed by atoms with Crippen molar-refractivity contribution in [1.82, 2.24) is 10.2 Å². The van der Waals surface area contributed by atoms with Crippen LogP contribution in [0.4, 0.5) is 5.69 Å². The van der Waals surface area contributed by atoms with E-state index in [1.165, 1.54) is 0 Å². The molecule has 0 saturated carbocycles. The average molecular weight is 608 g/mol. The summed E-state index contributed by atoms with van der Waals surface area (Å²) in [4.78, 5) is 50.7. The number of nitrogens with zero attached hydrogens (tertiary/aromatic N) is 1. The number of ether oxygens (including phenoxy) is 6. The van der Waals surface area contributed by atoms with E-state index >= 15 is 0 Å². The lowest BCUT2D eigenvalue weighted by Gasteiger charge is -2.27. The van der Waals surface area contributed by atoms with Gasteiger partial charge in [0.2, 0.25) is 11.8 Å². The second-order valence-electron chi connectivity index (χ2n) is 10.3. The van der Waals surface area contributed by atoms with Crippen LogP contribution in [0.3, 0.4) is 0 Å². The van der Waals surface area contributed by atoms with E-state index in [1.807, 2.05) is 0 Å². The molecule has 2 aliphatic heterocycles. The van der Waals surface area contributed by atoms with E-state index < -0.39 is 29.7 Å². The molecule has 240 valence electrons. The minimum Gasteiger partial charge on any atom is -0.382 e. The summed E-state index contributed by atoms with van der Waals surface area (Å²) >= 11 is 0. The van der Waals surface area contributed by atoms with Crippen LogP contribution in [0, 0.1) is 5.92 Å². The van der Waals surface area contributed by atoms with Crippen LogP contribution in [-0.2, 0) is 38.0 Å². The van der Waals surface area contributed by atoms with Gasteiger partial charge in [-0.15, -0.1) is 0 Å². The maximum absolute atomic E-state index is 13.1. The van der Waals surface area contributed by atoms with Crippen molar-refractivity contribution in [3.63, 3.8) is 0 Å². The topological polar surface area (TPSA) is 151 Å². The molecule has 2 aliphatic rings. The number of fused-ring (bicyclic) bond motifs is 1. The molecule has 0 bridgehead atoms. The number of nitrogens with one attached hydrogen (secondary N) is 2. The van der Waals surface area contributed by atoms with E-state index in [-0.39, 0.29) is 24.0 Å². The summed E-state index contributed by atoms with van der Waals surface area (Å²) in [5.41, 5.74) is 0.934. The van der Waals surface area contributed by atoms with Crippen LogP contribution in [0.2, 0.25) is 0 Å². The molecular formula is C30H45N3O10. The molecule has 2 N–H and O–H groups in total. The van der Waals surface area contributed by atoms with Crippen molar-refractivity contribution in [3.05, 3.63) is 29.3 Å². The molecule has 13 heteroatoms. The normalized spacial score (nSPS) is 17.3. The summed E-state index contributed by atoms with van der Waals surface area (Å²) in [6.45, 7) is 10.7. The van der Waals surface area contributed by atoms with Crippen LogP contribution < -0.4 is 10.6 Å². The number of amides is 4. The molecule has 0 aliphatic carbocycles. The fourth-order valence-corrected chi connectivity index (χ4v) is 4.42. The van der Waals surface area contributed by atoms with Gasteiger partial charge in [-0.1, -0.05) is 26.3 Å². The number of piperidine rings is 1. The van der Waals surface area contributed by atoms with Crippen molar-refractivity contribution in [1.29, 1.82) is 0 Å². The molecule has 0 spiro atoms. The first-order chi connectivity index (χ1) is 20.9. The van der Waals surface area contributed by atoms with Crippen LogP contribution in [0.5, 0.6) is 0 Å². The van der Waals surface area contributed by atoms with Gasteiger partial charge in [0.05, 0.1) is 83.8 Å². The van der Waals surface area contributed by atoms with Crippen molar-refractivity contribution in [2.24, 2.45) is 5.92 Å². The Morgan fingerprint density at radius 2 is 1.37 bits per heavy atom. The van der Waals surface area contributed by atoms with E-state index in [9.17, 15) is 19.2 Å². The number of carbonyl (C=O) groups is 4. The Bertz CT molecular complexity index is 1050. The minimum absolute atomic E-state index is 0.0736. The second kappa shape index (κ2) is 19.4. The number of hydrogen-bond acceptors (Lipinski definition) is 11. The highest BCUT2D eigenvalue weighted by atomic mass is 16.6. The lowest BCUT2D eigenvalue weighted by Crippen LogP contribution is -2.54. The maximum Gasteiger partial charge on any atom is 0.264 e. The van der Waals surface area contributed by atoms with Gasteiger partial charge in [0.1, 0.15) is 6.04 Å². The molecule has 1 fully saturated rings. The lowest BCUT2D eigenvalue weighted by atomic mass is 10.0. The predicted octanol–water partition coefficient (Wildman–Crippen LogP) is 1.65. The number of hydrogen-bond donors (Lipinski definition) is 2. The number of benzene rings is 1. The van der Waals surface area contributed by atoms with Crippen molar-refractivity contribution in [3.8, 4) is 0 Å². The SMILES string of the molecule is CCC(C)COCCOCCOCCOCCOCCOCCNc1cccc2c1C(=O)N(C1CCC(=O)NC1=O)C2=O. The maximum atomic E-state index is 13.1. The van der Waals surface area contributed by atoms with Crippen LogP contribution in [0.25, 0.3) is 0 Å². The Kier molecular flexibility index (Phi) is 15.6. The van der Waals surface area contributed by atoms with Gasteiger partial charge in [0.25, 0.3) is 11.8 Å². The van der Waals surface area contributed by atoms with Gasteiger partial charge in [0.15, 0.2) is 0 Å². The monoisotopic (exact) mass is 607 g/mol. The molecule has 13 nitrogen and oxygen atoms in total. The standard InChI is InChI=1S/C30H45N3O10/c1-3-22(2)21-43-20-19-42-18-17-41-16-15-40-14-13-39-12-11-38-10-9-31-24-6-4-5-23-27(24)30(37)33(29(23)36)25-7-8-26(34)32-28(25)35/h4-6,22,25,31H,3,7-21H2,1-2H3,(H,32,34,35). The fourth-order valence-electron chi connectivity index (χ4n) is 4.42. The Morgan fingerprint density at radius 1 is 0.814 bits per heavy atom. The highest BCUT2D eigenvalue weighted by Crippen LogP contribution is 2.32. The second-order valence-corrected chi connectivity index (χ2v) is 10.3. The Hall–Kier alpha value is -2.94. The third-order valence-corrected chi connectivity index (χ3v) is 6.99. The predicted molar refractivity (Wildman–Crippen MR) is 156 cm³/mol. The van der Waals surface area contributed by atoms with Crippen LogP contribution in [-0.4, -0.2) is 120 Å². The third kappa shape index (κ3) is 11.2. The zero-order valence-electron chi connectivity index (χ0n) is 25.2. The zero-order chi connectivity index (χ0) is 30.9. The summed E-state index contributed by atoms with van der Waals surface area (Å²) in [5, 5.41) is 5.33.